The average molecular weight is 431 g/mol. The quantitative estimate of drug-likeness (QED) is 0.414. The summed E-state index contributed by atoms with van der Waals surface area (Å²) in [6.45, 7) is 6.31. The van der Waals surface area contributed by atoms with E-state index in [1.807, 2.05) is 0 Å². The van der Waals surface area contributed by atoms with Gasteiger partial charge in [-0.2, -0.15) is 13.2 Å². The monoisotopic (exact) mass is 431 g/mol. The number of halogens is 3. The zero-order valence-electron chi connectivity index (χ0n) is 16.7. The maximum Gasteiger partial charge on any atom is 0.433 e. The first kappa shape index (κ1) is 22.9. The predicted octanol–water partition coefficient (Wildman–Crippen LogP) is 3.09. The third-order valence-corrected chi connectivity index (χ3v) is 6.40. The molecule has 1 aliphatic carbocycles. The standard InChI is InChI=1S/C19H20F3NO5S/c1-9-10(7-8-11(23-9)19(20,21)22)13(24)12-14(25)17(2,3)16(26)18(4,5)15(12)29(6,27)28/h7-8H,1-6H3. The third kappa shape index (κ3) is 3.65. The summed E-state index contributed by atoms with van der Waals surface area (Å²) in [5, 5.41) is 0. The number of carbonyl (C=O) groups excluding carboxylic acids is 3. The van der Waals surface area contributed by atoms with Crippen molar-refractivity contribution in [2.45, 2.75) is 40.8 Å². The van der Waals surface area contributed by atoms with Gasteiger partial charge in [-0.25, -0.2) is 13.4 Å². The fourth-order valence-corrected chi connectivity index (χ4v) is 5.24. The van der Waals surface area contributed by atoms with Crippen molar-refractivity contribution in [1.82, 2.24) is 4.98 Å². The van der Waals surface area contributed by atoms with Crippen molar-refractivity contribution in [2.24, 2.45) is 10.8 Å². The number of sulfone groups is 1. The van der Waals surface area contributed by atoms with E-state index in [2.05, 4.69) is 4.98 Å². The van der Waals surface area contributed by atoms with Crippen LogP contribution in [0, 0.1) is 17.8 Å². The van der Waals surface area contributed by atoms with E-state index in [1.54, 1.807) is 0 Å². The summed E-state index contributed by atoms with van der Waals surface area (Å²) in [4.78, 5) is 41.7. The minimum Gasteiger partial charge on any atom is -0.298 e. The Morgan fingerprint density at radius 2 is 1.55 bits per heavy atom. The summed E-state index contributed by atoms with van der Waals surface area (Å²) in [7, 11) is -4.18. The van der Waals surface area contributed by atoms with E-state index in [4.69, 9.17) is 0 Å². The lowest BCUT2D eigenvalue weighted by atomic mass is 9.63. The number of ketones is 3. The van der Waals surface area contributed by atoms with Gasteiger partial charge >= 0.3 is 6.18 Å². The van der Waals surface area contributed by atoms with E-state index in [0.717, 1.165) is 19.2 Å². The second-order valence-electron chi connectivity index (χ2n) is 8.04. The molecule has 0 aromatic carbocycles. The number of allylic oxidation sites excluding steroid dienone is 2. The highest BCUT2D eigenvalue weighted by Crippen LogP contribution is 2.47. The molecule has 0 saturated heterocycles. The highest BCUT2D eigenvalue weighted by Gasteiger charge is 2.56. The van der Waals surface area contributed by atoms with Gasteiger partial charge in [-0.05, 0) is 46.8 Å². The molecule has 2 rings (SSSR count). The van der Waals surface area contributed by atoms with Crippen molar-refractivity contribution in [3.63, 3.8) is 0 Å². The summed E-state index contributed by atoms with van der Waals surface area (Å²) in [5.74, 6) is -2.75. The molecule has 0 saturated carbocycles. The highest BCUT2D eigenvalue weighted by atomic mass is 32.2. The summed E-state index contributed by atoms with van der Waals surface area (Å²) >= 11 is 0. The number of Topliss-reactive ketones (excluding diaryl/α,β-unsaturated/α-hetero) is 3. The van der Waals surface area contributed by atoms with Gasteiger partial charge in [0.2, 0.25) is 0 Å². The predicted molar refractivity (Wildman–Crippen MR) is 97.8 cm³/mol. The molecule has 0 fully saturated rings. The van der Waals surface area contributed by atoms with Crippen LogP contribution in [0.1, 0.15) is 49.4 Å². The van der Waals surface area contributed by atoms with Crippen LogP contribution in [0.15, 0.2) is 22.6 Å². The Labute approximate surface area is 166 Å². The number of aryl methyl sites for hydroxylation is 1. The largest absolute Gasteiger partial charge is 0.433 e. The lowest BCUT2D eigenvalue weighted by Gasteiger charge is -2.39. The van der Waals surface area contributed by atoms with Crippen LogP contribution in [0.4, 0.5) is 13.2 Å². The second kappa shape index (κ2) is 6.58. The van der Waals surface area contributed by atoms with Crippen LogP contribution in [0.25, 0.3) is 0 Å². The topological polar surface area (TPSA) is 98.2 Å². The molecule has 0 atom stereocenters. The van der Waals surface area contributed by atoms with E-state index in [-0.39, 0.29) is 11.3 Å². The number of nitrogens with zero attached hydrogens (tertiary/aromatic N) is 1. The maximum atomic E-state index is 13.2. The van der Waals surface area contributed by atoms with Gasteiger partial charge in [0.05, 0.1) is 21.3 Å². The summed E-state index contributed by atoms with van der Waals surface area (Å²) in [6, 6.07) is 1.43. The van der Waals surface area contributed by atoms with Gasteiger partial charge in [0.25, 0.3) is 0 Å². The first-order valence-electron chi connectivity index (χ1n) is 8.48. The smallest absolute Gasteiger partial charge is 0.298 e. The average Bonchev–Trinajstić information content (AvgIpc) is 2.54. The molecule has 0 aliphatic heterocycles. The summed E-state index contributed by atoms with van der Waals surface area (Å²) < 4.78 is 63.4. The van der Waals surface area contributed by atoms with Crippen LogP contribution in [0.5, 0.6) is 0 Å². The number of rotatable bonds is 3. The molecule has 0 bridgehead atoms. The molecule has 6 nitrogen and oxygen atoms in total. The first-order chi connectivity index (χ1) is 12.8. The molecule has 29 heavy (non-hydrogen) atoms. The van der Waals surface area contributed by atoms with E-state index < -0.39 is 60.4 Å². The number of hydrogen-bond donors (Lipinski definition) is 0. The fourth-order valence-electron chi connectivity index (χ4n) is 3.66. The van der Waals surface area contributed by atoms with E-state index in [0.29, 0.717) is 6.07 Å². The summed E-state index contributed by atoms with van der Waals surface area (Å²) in [6.07, 6.45) is -3.96. The zero-order chi connectivity index (χ0) is 22.7. The summed E-state index contributed by atoms with van der Waals surface area (Å²) in [5.41, 5.74) is -5.96. The second-order valence-corrected chi connectivity index (χ2v) is 9.99. The third-order valence-electron chi connectivity index (χ3n) is 4.94. The Balaban J connectivity index is 2.86. The van der Waals surface area contributed by atoms with Crippen LogP contribution >= 0.6 is 0 Å². The van der Waals surface area contributed by atoms with Gasteiger partial charge < -0.3 is 0 Å². The number of carbonyl (C=O) groups is 3. The molecular formula is C19H20F3NO5S. The molecule has 1 aliphatic rings. The molecule has 1 aromatic heterocycles. The first-order valence-corrected chi connectivity index (χ1v) is 10.4. The number of pyridine rings is 1. The molecule has 1 heterocycles. The van der Waals surface area contributed by atoms with E-state index in [1.165, 1.54) is 27.7 Å². The van der Waals surface area contributed by atoms with Gasteiger partial charge in [-0.15, -0.1) is 0 Å². The Bertz CT molecular complexity index is 1080. The van der Waals surface area contributed by atoms with Gasteiger partial charge in [0, 0.05) is 17.5 Å². The SMILES string of the molecule is Cc1nc(C(F)(F)F)ccc1C(=O)C1=C(S(C)(=O)=O)C(C)(C)C(=O)C(C)(C)C1=O. The molecule has 0 spiro atoms. The van der Waals surface area contributed by atoms with Gasteiger partial charge in [-0.3, -0.25) is 14.4 Å². The Morgan fingerprint density at radius 1 is 1.03 bits per heavy atom. The Hall–Kier alpha value is -2.36. The van der Waals surface area contributed by atoms with Gasteiger partial charge in [-0.1, -0.05) is 0 Å². The van der Waals surface area contributed by atoms with Gasteiger partial charge in [0.15, 0.2) is 27.2 Å². The van der Waals surface area contributed by atoms with Crippen LogP contribution in [-0.4, -0.2) is 37.0 Å². The lowest BCUT2D eigenvalue weighted by molar-refractivity contribution is -0.143. The van der Waals surface area contributed by atoms with Crippen molar-refractivity contribution in [1.29, 1.82) is 0 Å². The van der Waals surface area contributed by atoms with Crippen molar-refractivity contribution >= 4 is 27.2 Å². The van der Waals surface area contributed by atoms with Crippen LogP contribution in [0.2, 0.25) is 0 Å². The normalized spacial score (nSPS) is 19.5. The highest BCUT2D eigenvalue weighted by molar-refractivity contribution is 7.94. The number of aromatic nitrogens is 1. The molecule has 158 valence electrons. The Kier molecular flexibility index (Phi) is 5.20. The van der Waals surface area contributed by atoms with Crippen LogP contribution in [-0.2, 0) is 25.6 Å². The minimum absolute atomic E-state index is 0.314. The number of alkyl halides is 3. The fraction of sp³-hybridized carbons (Fsp3) is 0.474. The van der Waals surface area contributed by atoms with Crippen LogP contribution in [0.3, 0.4) is 0 Å². The van der Waals surface area contributed by atoms with Gasteiger partial charge in [0.1, 0.15) is 5.69 Å². The van der Waals surface area contributed by atoms with Crippen molar-refractivity contribution in [2.75, 3.05) is 6.26 Å². The van der Waals surface area contributed by atoms with Crippen molar-refractivity contribution in [3.8, 4) is 0 Å². The molecule has 0 radical (unpaired) electrons. The number of hydrogen-bond acceptors (Lipinski definition) is 6. The van der Waals surface area contributed by atoms with Crippen molar-refractivity contribution < 1.29 is 36.0 Å². The molecule has 1 aromatic rings. The van der Waals surface area contributed by atoms with Crippen molar-refractivity contribution in [3.05, 3.63) is 39.6 Å². The molecule has 0 unspecified atom stereocenters. The lowest BCUT2D eigenvalue weighted by Crippen LogP contribution is -2.51. The minimum atomic E-state index is -4.74. The molecular weight excluding hydrogens is 411 g/mol. The zero-order valence-corrected chi connectivity index (χ0v) is 17.5. The molecule has 10 heteroatoms. The maximum absolute atomic E-state index is 13.2. The van der Waals surface area contributed by atoms with E-state index in [9.17, 15) is 36.0 Å². The Morgan fingerprint density at radius 3 is 1.97 bits per heavy atom. The molecule has 0 N–H and O–H groups in total. The van der Waals surface area contributed by atoms with Crippen LogP contribution < -0.4 is 0 Å². The molecule has 0 amide bonds. The van der Waals surface area contributed by atoms with E-state index >= 15 is 0 Å².